The number of benzene rings is 1. The number of unbranched alkanes of at least 4 members (excludes halogenated alkanes) is 1. The van der Waals surface area contributed by atoms with Crippen molar-refractivity contribution < 1.29 is 9.47 Å². The van der Waals surface area contributed by atoms with Gasteiger partial charge in [0, 0.05) is 17.5 Å². The molecule has 126 valence electrons. The maximum atomic E-state index is 12.8. The molecule has 0 spiro atoms. The summed E-state index contributed by atoms with van der Waals surface area (Å²) < 4.78 is 12.4. The van der Waals surface area contributed by atoms with Crippen LogP contribution in [0.4, 0.5) is 0 Å². The number of aromatic nitrogens is 2. The fourth-order valence-electron chi connectivity index (χ4n) is 2.67. The van der Waals surface area contributed by atoms with Crippen molar-refractivity contribution in [3.8, 4) is 22.6 Å². The standard InChI is InChI=1S/C18H20N2O3S/c1-4-5-8-20-11-19-17-16(18(20)21)13(10-24-17)12-6-7-14(22-2)15(9-12)23-3/h6-7,9-11H,4-5,8H2,1-3H3. The largest absolute Gasteiger partial charge is 0.493 e. The van der Waals surface area contributed by atoms with Crippen LogP contribution >= 0.6 is 11.3 Å². The van der Waals surface area contributed by atoms with Crippen LogP contribution in [0.15, 0.2) is 34.7 Å². The van der Waals surface area contributed by atoms with E-state index in [1.165, 1.54) is 11.3 Å². The van der Waals surface area contributed by atoms with Gasteiger partial charge in [0.15, 0.2) is 11.5 Å². The van der Waals surface area contributed by atoms with Crippen LogP contribution in [0.2, 0.25) is 0 Å². The number of rotatable bonds is 6. The molecule has 0 radical (unpaired) electrons. The van der Waals surface area contributed by atoms with Crippen LogP contribution in [-0.4, -0.2) is 23.8 Å². The summed E-state index contributed by atoms with van der Waals surface area (Å²) in [4.78, 5) is 18.0. The van der Waals surface area contributed by atoms with Gasteiger partial charge in [-0.15, -0.1) is 11.3 Å². The molecular weight excluding hydrogens is 324 g/mol. The summed E-state index contributed by atoms with van der Waals surface area (Å²) in [7, 11) is 3.21. The van der Waals surface area contributed by atoms with Crippen molar-refractivity contribution in [2.45, 2.75) is 26.3 Å². The van der Waals surface area contributed by atoms with E-state index in [1.54, 1.807) is 25.1 Å². The van der Waals surface area contributed by atoms with Crippen molar-refractivity contribution in [1.82, 2.24) is 9.55 Å². The summed E-state index contributed by atoms with van der Waals surface area (Å²) in [5, 5.41) is 2.65. The Labute approximate surface area is 144 Å². The predicted molar refractivity (Wildman–Crippen MR) is 97.3 cm³/mol. The van der Waals surface area contributed by atoms with Crippen molar-refractivity contribution in [2.24, 2.45) is 0 Å². The number of hydrogen-bond acceptors (Lipinski definition) is 5. The van der Waals surface area contributed by atoms with Crippen LogP contribution in [0, 0.1) is 0 Å². The summed E-state index contributed by atoms with van der Waals surface area (Å²) in [5.74, 6) is 1.31. The molecule has 6 heteroatoms. The van der Waals surface area contributed by atoms with E-state index in [9.17, 15) is 4.79 Å². The molecule has 0 fully saturated rings. The zero-order chi connectivity index (χ0) is 17.1. The van der Waals surface area contributed by atoms with Crippen LogP contribution in [0.25, 0.3) is 21.3 Å². The quantitative estimate of drug-likeness (QED) is 0.679. The highest BCUT2D eigenvalue weighted by molar-refractivity contribution is 7.17. The second-order valence-corrected chi connectivity index (χ2v) is 6.35. The van der Waals surface area contributed by atoms with Gasteiger partial charge in [-0.25, -0.2) is 4.98 Å². The number of thiophene rings is 1. The van der Waals surface area contributed by atoms with Gasteiger partial charge in [0.1, 0.15) is 4.83 Å². The van der Waals surface area contributed by atoms with E-state index in [4.69, 9.17) is 9.47 Å². The number of hydrogen-bond donors (Lipinski definition) is 0. The molecule has 2 aromatic heterocycles. The Morgan fingerprint density at radius 3 is 2.71 bits per heavy atom. The highest BCUT2D eigenvalue weighted by Crippen LogP contribution is 2.36. The van der Waals surface area contributed by atoms with Gasteiger partial charge in [-0.3, -0.25) is 9.36 Å². The molecule has 2 heterocycles. The van der Waals surface area contributed by atoms with E-state index in [0.29, 0.717) is 23.4 Å². The summed E-state index contributed by atoms with van der Waals surface area (Å²) in [6.07, 6.45) is 3.65. The Bertz CT molecular complexity index is 914. The lowest BCUT2D eigenvalue weighted by Crippen LogP contribution is -2.20. The highest BCUT2D eigenvalue weighted by atomic mass is 32.1. The molecule has 24 heavy (non-hydrogen) atoms. The number of ether oxygens (including phenoxy) is 2. The third-order valence-electron chi connectivity index (χ3n) is 4.01. The van der Waals surface area contributed by atoms with Crippen molar-refractivity contribution >= 4 is 21.6 Å². The van der Waals surface area contributed by atoms with Crippen molar-refractivity contribution in [3.05, 3.63) is 40.3 Å². The van der Waals surface area contributed by atoms with Crippen LogP contribution in [-0.2, 0) is 6.54 Å². The lowest BCUT2D eigenvalue weighted by Gasteiger charge is -2.09. The van der Waals surface area contributed by atoms with Gasteiger partial charge in [-0.1, -0.05) is 19.4 Å². The molecule has 3 rings (SSSR count). The van der Waals surface area contributed by atoms with E-state index in [2.05, 4.69) is 11.9 Å². The molecule has 3 aromatic rings. The molecule has 0 aliphatic rings. The Morgan fingerprint density at radius 1 is 1.21 bits per heavy atom. The smallest absolute Gasteiger partial charge is 0.262 e. The second-order valence-electron chi connectivity index (χ2n) is 5.50. The van der Waals surface area contributed by atoms with E-state index in [-0.39, 0.29) is 5.56 Å². The molecule has 0 aliphatic carbocycles. The number of methoxy groups -OCH3 is 2. The Balaban J connectivity index is 2.15. The van der Waals surface area contributed by atoms with E-state index < -0.39 is 0 Å². The molecule has 0 bridgehead atoms. The minimum atomic E-state index is 0.0134. The minimum absolute atomic E-state index is 0.0134. The second kappa shape index (κ2) is 7.05. The first kappa shape index (κ1) is 16.5. The Kier molecular flexibility index (Phi) is 4.85. The van der Waals surface area contributed by atoms with E-state index in [1.807, 2.05) is 23.6 Å². The summed E-state index contributed by atoms with van der Waals surface area (Å²) in [5.41, 5.74) is 1.82. The molecule has 0 saturated heterocycles. The molecular formula is C18H20N2O3S. The van der Waals surface area contributed by atoms with Crippen molar-refractivity contribution in [3.63, 3.8) is 0 Å². The van der Waals surface area contributed by atoms with Crippen LogP contribution in [0.5, 0.6) is 11.5 Å². The third kappa shape index (κ3) is 2.89. The number of nitrogens with zero attached hydrogens (tertiary/aromatic N) is 2. The lowest BCUT2D eigenvalue weighted by atomic mass is 10.1. The van der Waals surface area contributed by atoms with Gasteiger partial charge in [-0.05, 0) is 24.1 Å². The molecule has 0 atom stereocenters. The third-order valence-corrected chi connectivity index (χ3v) is 4.89. The molecule has 0 amide bonds. The first-order valence-electron chi connectivity index (χ1n) is 7.88. The first-order valence-corrected chi connectivity index (χ1v) is 8.76. The first-order chi connectivity index (χ1) is 11.7. The molecule has 5 nitrogen and oxygen atoms in total. The summed E-state index contributed by atoms with van der Waals surface area (Å²) in [6, 6.07) is 5.68. The normalized spacial score (nSPS) is 11.0. The number of aryl methyl sites for hydroxylation is 1. The van der Waals surface area contributed by atoms with E-state index >= 15 is 0 Å². The topological polar surface area (TPSA) is 53.4 Å². The lowest BCUT2D eigenvalue weighted by molar-refractivity contribution is 0.355. The molecule has 0 N–H and O–H groups in total. The zero-order valence-corrected chi connectivity index (χ0v) is 14.9. The fourth-order valence-corrected chi connectivity index (χ4v) is 3.58. The molecule has 0 unspecified atom stereocenters. The van der Waals surface area contributed by atoms with Gasteiger partial charge < -0.3 is 9.47 Å². The van der Waals surface area contributed by atoms with Crippen LogP contribution < -0.4 is 15.0 Å². The minimum Gasteiger partial charge on any atom is -0.493 e. The van der Waals surface area contributed by atoms with Gasteiger partial charge >= 0.3 is 0 Å². The SMILES string of the molecule is CCCCn1cnc2scc(-c3ccc(OC)c(OC)c3)c2c1=O. The van der Waals surface area contributed by atoms with Gasteiger partial charge in [-0.2, -0.15) is 0 Å². The average Bonchev–Trinajstić information content (AvgIpc) is 3.05. The summed E-state index contributed by atoms with van der Waals surface area (Å²) >= 11 is 1.48. The Hall–Kier alpha value is -2.34. The number of fused-ring (bicyclic) bond motifs is 1. The van der Waals surface area contributed by atoms with Gasteiger partial charge in [0.2, 0.25) is 0 Å². The maximum absolute atomic E-state index is 12.8. The van der Waals surface area contributed by atoms with Crippen molar-refractivity contribution in [2.75, 3.05) is 14.2 Å². The van der Waals surface area contributed by atoms with Crippen LogP contribution in [0.1, 0.15) is 19.8 Å². The Morgan fingerprint density at radius 2 is 2.00 bits per heavy atom. The molecule has 1 aromatic carbocycles. The highest BCUT2D eigenvalue weighted by Gasteiger charge is 2.15. The average molecular weight is 344 g/mol. The zero-order valence-electron chi connectivity index (χ0n) is 14.0. The van der Waals surface area contributed by atoms with Gasteiger partial charge in [0.05, 0.1) is 25.9 Å². The van der Waals surface area contributed by atoms with E-state index in [0.717, 1.165) is 28.8 Å². The fraction of sp³-hybridized carbons (Fsp3) is 0.333. The molecule has 0 saturated carbocycles. The predicted octanol–water partition coefficient (Wildman–Crippen LogP) is 3.94. The maximum Gasteiger partial charge on any atom is 0.262 e. The monoisotopic (exact) mass is 344 g/mol. The summed E-state index contributed by atoms with van der Waals surface area (Å²) in [6.45, 7) is 2.80. The van der Waals surface area contributed by atoms with Crippen molar-refractivity contribution in [1.29, 1.82) is 0 Å². The van der Waals surface area contributed by atoms with Gasteiger partial charge in [0.25, 0.3) is 5.56 Å². The molecule has 0 aliphatic heterocycles. The van der Waals surface area contributed by atoms with Crippen LogP contribution in [0.3, 0.4) is 0 Å².